The number of fused-ring (bicyclic) bond motifs is 1. The molecule has 1 unspecified atom stereocenters. The van der Waals surface area contributed by atoms with Crippen LogP contribution in [0, 0.1) is 0 Å². The second-order valence-electron chi connectivity index (χ2n) is 8.19. The summed E-state index contributed by atoms with van der Waals surface area (Å²) in [5.41, 5.74) is 3.88. The van der Waals surface area contributed by atoms with Gasteiger partial charge in [0.15, 0.2) is 0 Å². The highest BCUT2D eigenvalue weighted by Gasteiger charge is 2.08. The Hall–Kier alpha value is -3.51. The highest BCUT2D eigenvalue weighted by atomic mass is 16.5. The fourth-order valence-corrected chi connectivity index (χ4v) is 3.75. The van der Waals surface area contributed by atoms with E-state index in [1.54, 1.807) is 0 Å². The molecule has 3 aromatic rings. The molecule has 5 heteroatoms. The number of aliphatic hydroxyl groups is 1. The summed E-state index contributed by atoms with van der Waals surface area (Å²) in [6, 6.07) is 22.2. The van der Waals surface area contributed by atoms with Crippen molar-refractivity contribution < 1.29 is 9.84 Å². The zero-order chi connectivity index (χ0) is 23.6. The zero-order valence-electron chi connectivity index (χ0n) is 19.3. The number of hydrogen-bond donors (Lipinski definition) is 3. The minimum Gasteiger partial charge on any atom is -0.490 e. The first-order chi connectivity index (χ1) is 16.7. The molecule has 0 spiro atoms. The molecule has 1 aliphatic carbocycles. The van der Waals surface area contributed by atoms with Crippen molar-refractivity contribution in [3.05, 3.63) is 109 Å². The lowest BCUT2D eigenvalue weighted by Crippen LogP contribution is -2.35. The molecular formula is C29H31N3O2. The average Bonchev–Trinajstić information content (AvgIpc) is 2.87. The first-order valence-electron chi connectivity index (χ1n) is 11.6. The van der Waals surface area contributed by atoms with Crippen LogP contribution >= 0.6 is 0 Å². The number of nitrogens with one attached hydrogen (secondary N) is 2. The number of benzene rings is 3. The molecule has 5 nitrogen and oxygen atoms in total. The Morgan fingerprint density at radius 3 is 2.56 bits per heavy atom. The molecule has 0 saturated carbocycles. The van der Waals surface area contributed by atoms with Gasteiger partial charge < -0.3 is 20.5 Å². The highest BCUT2D eigenvalue weighted by molar-refractivity contribution is 6.12. The monoisotopic (exact) mass is 453 g/mol. The molecule has 1 aliphatic rings. The van der Waals surface area contributed by atoms with Crippen LogP contribution in [0.5, 0.6) is 5.75 Å². The minimum absolute atomic E-state index is 0.247. The third-order valence-corrected chi connectivity index (χ3v) is 5.58. The molecule has 34 heavy (non-hydrogen) atoms. The summed E-state index contributed by atoms with van der Waals surface area (Å²) in [5.74, 6) is 0.796. The summed E-state index contributed by atoms with van der Waals surface area (Å²) in [5, 5.41) is 19.2. The number of para-hydroxylation sites is 1. The quantitative estimate of drug-likeness (QED) is 0.368. The van der Waals surface area contributed by atoms with Crippen molar-refractivity contribution >= 4 is 22.2 Å². The Bertz CT molecular complexity index is 1210. The first kappa shape index (κ1) is 23.6. The first-order valence-corrected chi connectivity index (χ1v) is 11.6. The van der Waals surface area contributed by atoms with E-state index in [4.69, 9.17) is 9.73 Å². The van der Waals surface area contributed by atoms with Crippen LogP contribution in [0.2, 0.25) is 0 Å². The maximum atomic E-state index is 10.3. The predicted octanol–water partition coefficient (Wildman–Crippen LogP) is 4.71. The van der Waals surface area contributed by atoms with Gasteiger partial charge in [0.2, 0.25) is 0 Å². The molecular weight excluding hydrogens is 422 g/mol. The fraction of sp³-hybridized carbons (Fsp3) is 0.207. The van der Waals surface area contributed by atoms with E-state index < -0.39 is 6.10 Å². The van der Waals surface area contributed by atoms with E-state index in [0.717, 1.165) is 52.1 Å². The summed E-state index contributed by atoms with van der Waals surface area (Å²) in [6.45, 7) is 7.00. The van der Waals surface area contributed by atoms with Gasteiger partial charge in [0.05, 0.1) is 11.4 Å². The molecule has 3 N–H and O–H groups in total. The van der Waals surface area contributed by atoms with Crippen molar-refractivity contribution in [3.8, 4) is 5.75 Å². The van der Waals surface area contributed by atoms with Gasteiger partial charge in [-0.15, -0.1) is 0 Å². The normalized spacial score (nSPS) is 15.2. The molecule has 4 rings (SSSR count). The number of aliphatic imine (C=N–C) groups is 1. The van der Waals surface area contributed by atoms with Gasteiger partial charge in [-0.05, 0) is 34.7 Å². The molecule has 0 amide bonds. The van der Waals surface area contributed by atoms with Gasteiger partial charge in [-0.2, -0.15) is 0 Å². The standard InChI is InChI=1S/C29H31N3O2/c1-22-9-2-6-14-27(22)32-28-15-7-4-11-24(28)19-30-17-18-31-20-25(33)21-34-29-16-8-12-23-10-3-5-13-26(23)29/h2-16,25,30-31,33H,1,17-21H2/b32-27-. The van der Waals surface area contributed by atoms with Crippen LogP contribution in [0.4, 0.5) is 5.69 Å². The largest absolute Gasteiger partial charge is 0.490 e. The molecule has 1 atom stereocenters. The lowest BCUT2D eigenvalue weighted by Gasteiger charge is -2.15. The van der Waals surface area contributed by atoms with E-state index >= 15 is 0 Å². The second-order valence-corrected chi connectivity index (χ2v) is 8.19. The maximum Gasteiger partial charge on any atom is 0.127 e. The SMILES string of the molecule is C=C1C=CC=C/C1=N/c1ccccc1CNCCNCC(O)COc1cccc2ccccc12. The third-order valence-electron chi connectivity index (χ3n) is 5.58. The van der Waals surface area contributed by atoms with E-state index in [1.165, 1.54) is 0 Å². The van der Waals surface area contributed by atoms with Gasteiger partial charge in [0, 0.05) is 31.6 Å². The molecule has 0 saturated heterocycles. The van der Waals surface area contributed by atoms with E-state index in [2.05, 4.69) is 35.4 Å². The lowest BCUT2D eigenvalue weighted by atomic mass is 10.1. The molecule has 0 aromatic heterocycles. The lowest BCUT2D eigenvalue weighted by molar-refractivity contribution is 0.107. The zero-order valence-corrected chi connectivity index (χ0v) is 19.3. The Kier molecular flexibility index (Phi) is 8.41. The van der Waals surface area contributed by atoms with Crippen molar-refractivity contribution in [2.24, 2.45) is 4.99 Å². The molecule has 174 valence electrons. The number of nitrogens with zero attached hydrogens (tertiary/aromatic N) is 1. The number of allylic oxidation sites excluding steroid dienone is 5. The van der Waals surface area contributed by atoms with Crippen LogP contribution in [-0.4, -0.2) is 43.2 Å². The molecule has 3 aromatic carbocycles. The summed E-state index contributed by atoms with van der Waals surface area (Å²) in [4.78, 5) is 4.78. The van der Waals surface area contributed by atoms with Crippen LogP contribution in [0.3, 0.4) is 0 Å². The van der Waals surface area contributed by atoms with Crippen LogP contribution in [-0.2, 0) is 6.54 Å². The predicted molar refractivity (Wildman–Crippen MR) is 141 cm³/mol. The molecule has 0 fully saturated rings. The summed E-state index contributed by atoms with van der Waals surface area (Å²) >= 11 is 0. The Balaban J connectivity index is 1.17. The third kappa shape index (κ3) is 6.51. The Morgan fingerprint density at radius 2 is 1.65 bits per heavy atom. The van der Waals surface area contributed by atoms with Crippen molar-refractivity contribution in [1.29, 1.82) is 0 Å². The van der Waals surface area contributed by atoms with Gasteiger partial charge in [-0.3, -0.25) is 0 Å². The topological polar surface area (TPSA) is 65.9 Å². The maximum absolute atomic E-state index is 10.3. The van der Waals surface area contributed by atoms with Gasteiger partial charge >= 0.3 is 0 Å². The fourth-order valence-electron chi connectivity index (χ4n) is 3.75. The van der Waals surface area contributed by atoms with E-state index in [9.17, 15) is 5.11 Å². The molecule has 0 radical (unpaired) electrons. The van der Waals surface area contributed by atoms with E-state index in [0.29, 0.717) is 13.1 Å². The molecule has 0 aliphatic heterocycles. The summed E-state index contributed by atoms with van der Waals surface area (Å²) < 4.78 is 5.87. The second kappa shape index (κ2) is 12.1. The van der Waals surface area contributed by atoms with E-state index in [1.807, 2.05) is 72.8 Å². The van der Waals surface area contributed by atoms with Crippen molar-refractivity contribution in [3.63, 3.8) is 0 Å². The number of hydrogen-bond acceptors (Lipinski definition) is 5. The number of aliphatic hydroxyl groups excluding tert-OH is 1. The van der Waals surface area contributed by atoms with E-state index in [-0.39, 0.29) is 6.61 Å². The summed E-state index contributed by atoms with van der Waals surface area (Å²) in [6.07, 6.45) is 7.30. The minimum atomic E-state index is -0.582. The van der Waals surface area contributed by atoms with Crippen LogP contribution in [0.15, 0.2) is 108 Å². The van der Waals surface area contributed by atoms with Gasteiger partial charge in [0.1, 0.15) is 18.5 Å². The van der Waals surface area contributed by atoms with Crippen LogP contribution in [0.1, 0.15) is 5.56 Å². The van der Waals surface area contributed by atoms with Crippen molar-refractivity contribution in [2.75, 3.05) is 26.2 Å². The van der Waals surface area contributed by atoms with Crippen molar-refractivity contribution in [2.45, 2.75) is 12.6 Å². The highest BCUT2D eigenvalue weighted by Crippen LogP contribution is 2.25. The van der Waals surface area contributed by atoms with Crippen LogP contribution < -0.4 is 15.4 Å². The molecule has 0 bridgehead atoms. The number of ether oxygens (including phenoxy) is 1. The van der Waals surface area contributed by atoms with Gasteiger partial charge in [0.25, 0.3) is 0 Å². The smallest absolute Gasteiger partial charge is 0.127 e. The van der Waals surface area contributed by atoms with Gasteiger partial charge in [-0.1, -0.05) is 79.4 Å². The molecule has 0 heterocycles. The summed E-state index contributed by atoms with van der Waals surface area (Å²) in [7, 11) is 0. The van der Waals surface area contributed by atoms with Crippen LogP contribution in [0.25, 0.3) is 10.8 Å². The average molecular weight is 454 g/mol. The van der Waals surface area contributed by atoms with Crippen molar-refractivity contribution in [1.82, 2.24) is 10.6 Å². The number of rotatable bonds is 11. The Labute approximate surface area is 201 Å². The van der Waals surface area contributed by atoms with Gasteiger partial charge in [-0.25, -0.2) is 4.99 Å². The Morgan fingerprint density at radius 1 is 0.882 bits per heavy atom.